The maximum absolute atomic E-state index is 11.7. The molecule has 0 bridgehead atoms. The van der Waals surface area contributed by atoms with Crippen molar-refractivity contribution in [1.29, 1.82) is 0 Å². The molecule has 0 aliphatic carbocycles. The summed E-state index contributed by atoms with van der Waals surface area (Å²) >= 11 is 0. The van der Waals surface area contributed by atoms with E-state index in [1.165, 1.54) is 25.7 Å². The molecule has 0 radical (unpaired) electrons. The Bertz CT molecular complexity index is 230. The normalized spacial score (nSPS) is 11.4. The second kappa shape index (κ2) is 10.9. The second-order valence-corrected chi connectivity index (χ2v) is 4.48. The standard InChI is InChI=1S/C13H23F3O3/c1-2-3-4-5-6-7-8-9-10-18-12(17)19-11-13(14,15)16/h2-11H2,1H3. The van der Waals surface area contributed by atoms with E-state index in [-0.39, 0.29) is 6.61 Å². The summed E-state index contributed by atoms with van der Waals surface area (Å²) in [7, 11) is 0. The number of carbonyl (C=O) groups excluding carboxylic acids is 1. The first-order valence-corrected chi connectivity index (χ1v) is 6.82. The number of ether oxygens (including phenoxy) is 2. The molecular formula is C13H23F3O3. The van der Waals surface area contributed by atoms with Gasteiger partial charge in [-0.2, -0.15) is 13.2 Å². The highest BCUT2D eigenvalue weighted by Crippen LogP contribution is 2.14. The highest BCUT2D eigenvalue weighted by atomic mass is 19.4. The molecule has 0 aromatic heterocycles. The van der Waals surface area contributed by atoms with Gasteiger partial charge in [0, 0.05) is 0 Å². The lowest BCUT2D eigenvalue weighted by atomic mass is 10.1. The van der Waals surface area contributed by atoms with Gasteiger partial charge in [-0.1, -0.05) is 51.9 Å². The summed E-state index contributed by atoms with van der Waals surface area (Å²) in [5.41, 5.74) is 0. The van der Waals surface area contributed by atoms with Crippen molar-refractivity contribution < 1.29 is 27.4 Å². The number of unbranched alkanes of at least 4 members (excludes halogenated alkanes) is 7. The van der Waals surface area contributed by atoms with Gasteiger partial charge in [0.05, 0.1) is 6.61 Å². The van der Waals surface area contributed by atoms with Crippen LogP contribution in [-0.4, -0.2) is 25.5 Å². The van der Waals surface area contributed by atoms with Gasteiger partial charge >= 0.3 is 12.3 Å². The maximum atomic E-state index is 11.7. The van der Waals surface area contributed by atoms with Crippen molar-refractivity contribution in [3.05, 3.63) is 0 Å². The van der Waals surface area contributed by atoms with E-state index in [1.54, 1.807) is 0 Å². The van der Waals surface area contributed by atoms with Crippen molar-refractivity contribution in [2.24, 2.45) is 0 Å². The molecule has 0 rings (SSSR count). The molecule has 0 saturated heterocycles. The van der Waals surface area contributed by atoms with E-state index in [9.17, 15) is 18.0 Å². The first kappa shape index (κ1) is 18.1. The Hall–Kier alpha value is -0.940. The summed E-state index contributed by atoms with van der Waals surface area (Å²) in [6.07, 6.45) is 2.97. The van der Waals surface area contributed by atoms with Gasteiger partial charge in [0.1, 0.15) is 0 Å². The van der Waals surface area contributed by atoms with Gasteiger partial charge in [0.15, 0.2) is 6.61 Å². The molecule has 0 fully saturated rings. The molecule has 6 heteroatoms. The van der Waals surface area contributed by atoms with Crippen LogP contribution >= 0.6 is 0 Å². The van der Waals surface area contributed by atoms with E-state index < -0.39 is 18.9 Å². The quantitative estimate of drug-likeness (QED) is 0.425. The van der Waals surface area contributed by atoms with Crippen LogP contribution in [0.5, 0.6) is 0 Å². The molecule has 0 amide bonds. The molecule has 0 aliphatic rings. The molecule has 3 nitrogen and oxygen atoms in total. The minimum atomic E-state index is -4.50. The van der Waals surface area contributed by atoms with Gasteiger partial charge in [0.2, 0.25) is 0 Å². The smallest absolute Gasteiger partial charge is 0.434 e. The summed E-state index contributed by atoms with van der Waals surface area (Å²) in [5, 5.41) is 0. The summed E-state index contributed by atoms with van der Waals surface area (Å²) < 4.78 is 43.5. The molecule has 0 unspecified atom stereocenters. The molecule has 0 atom stereocenters. The number of hydrogen-bond donors (Lipinski definition) is 0. The Balaban J connectivity index is 3.23. The van der Waals surface area contributed by atoms with Gasteiger partial charge < -0.3 is 9.47 Å². The first-order chi connectivity index (χ1) is 8.95. The third-order valence-corrected chi connectivity index (χ3v) is 2.57. The monoisotopic (exact) mass is 284 g/mol. The lowest BCUT2D eigenvalue weighted by molar-refractivity contribution is -0.165. The van der Waals surface area contributed by atoms with Crippen LogP contribution in [0.2, 0.25) is 0 Å². The lowest BCUT2D eigenvalue weighted by Gasteiger charge is -2.08. The van der Waals surface area contributed by atoms with Crippen LogP contribution in [0.1, 0.15) is 58.3 Å². The number of hydrogen-bond acceptors (Lipinski definition) is 3. The highest BCUT2D eigenvalue weighted by molar-refractivity contribution is 5.59. The Morgan fingerprint density at radius 3 is 1.95 bits per heavy atom. The largest absolute Gasteiger partial charge is 0.508 e. The van der Waals surface area contributed by atoms with Gasteiger partial charge in [-0.05, 0) is 6.42 Å². The molecule has 0 aliphatic heterocycles. The summed E-state index contributed by atoms with van der Waals surface area (Å²) in [4.78, 5) is 10.8. The van der Waals surface area contributed by atoms with E-state index in [0.717, 1.165) is 19.3 Å². The van der Waals surface area contributed by atoms with E-state index in [2.05, 4.69) is 16.4 Å². The number of carbonyl (C=O) groups is 1. The predicted molar refractivity (Wildman–Crippen MR) is 66.0 cm³/mol. The minimum Gasteiger partial charge on any atom is -0.434 e. The van der Waals surface area contributed by atoms with Crippen LogP contribution in [0.15, 0.2) is 0 Å². The molecule has 0 aromatic carbocycles. The number of halogens is 3. The zero-order chi connectivity index (χ0) is 14.6. The van der Waals surface area contributed by atoms with E-state index in [4.69, 9.17) is 0 Å². The number of rotatable bonds is 10. The predicted octanol–water partition coefficient (Wildman–Crippen LogP) is 4.84. The van der Waals surface area contributed by atoms with Crippen LogP contribution in [0.3, 0.4) is 0 Å². The topological polar surface area (TPSA) is 35.5 Å². The molecule has 0 N–H and O–H groups in total. The molecule has 19 heavy (non-hydrogen) atoms. The van der Waals surface area contributed by atoms with Gasteiger partial charge in [-0.15, -0.1) is 0 Å². The fourth-order valence-electron chi connectivity index (χ4n) is 1.57. The maximum Gasteiger partial charge on any atom is 0.508 e. The van der Waals surface area contributed by atoms with E-state index in [1.807, 2.05) is 0 Å². The van der Waals surface area contributed by atoms with Crippen LogP contribution in [-0.2, 0) is 9.47 Å². The zero-order valence-corrected chi connectivity index (χ0v) is 11.4. The third-order valence-electron chi connectivity index (χ3n) is 2.57. The average Bonchev–Trinajstić information content (AvgIpc) is 2.33. The van der Waals surface area contributed by atoms with Crippen LogP contribution in [0, 0.1) is 0 Å². The summed E-state index contributed by atoms with van der Waals surface area (Å²) in [5.74, 6) is 0. The van der Waals surface area contributed by atoms with Crippen LogP contribution in [0.4, 0.5) is 18.0 Å². The minimum absolute atomic E-state index is 0.117. The molecule has 0 aromatic rings. The van der Waals surface area contributed by atoms with Crippen molar-refractivity contribution in [3.8, 4) is 0 Å². The Morgan fingerprint density at radius 1 is 0.895 bits per heavy atom. The SMILES string of the molecule is CCCCCCCCCCOC(=O)OCC(F)(F)F. The fraction of sp³-hybridized carbons (Fsp3) is 0.923. The molecule has 0 heterocycles. The van der Waals surface area contributed by atoms with E-state index >= 15 is 0 Å². The van der Waals surface area contributed by atoms with Crippen molar-refractivity contribution in [3.63, 3.8) is 0 Å². The van der Waals surface area contributed by atoms with Crippen molar-refractivity contribution in [2.75, 3.05) is 13.2 Å². The van der Waals surface area contributed by atoms with E-state index in [0.29, 0.717) is 6.42 Å². The summed E-state index contributed by atoms with van der Waals surface area (Å²) in [6, 6.07) is 0. The fourth-order valence-corrected chi connectivity index (χ4v) is 1.57. The van der Waals surface area contributed by atoms with Crippen molar-refractivity contribution in [1.82, 2.24) is 0 Å². The van der Waals surface area contributed by atoms with Crippen molar-refractivity contribution >= 4 is 6.16 Å². The summed E-state index contributed by atoms with van der Waals surface area (Å²) in [6.45, 7) is 0.685. The second-order valence-electron chi connectivity index (χ2n) is 4.48. The highest BCUT2D eigenvalue weighted by Gasteiger charge is 2.29. The van der Waals surface area contributed by atoms with Gasteiger partial charge in [-0.3, -0.25) is 0 Å². The van der Waals surface area contributed by atoms with Crippen LogP contribution < -0.4 is 0 Å². The Kier molecular flexibility index (Phi) is 10.4. The Morgan fingerprint density at radius 2 is 1.42 bits per heavy atom. The van der Waals surface area contributed by atoms with Gasteiger partial charge in [0.25, 0.3) is 0 Å². The lowest BCUT2D eigenvalue weighted by Crippen LogP contribution is -2.21. The average molecular weight is 284 g/mol. The first-order valence-electron chi connectivity index (χ1n) is 6.82. The Labute approximate surface area is 112 Å². The zero-order valence-electron chi connectivity index (χ0n) is 11.4. The molecule has 114 valence electrons. The number of alkyl halides is 3. The molecular weight excluding hydrogens is 261 g/mol. The van der Waals surface area contributed by atoms with Crippen molar-refractivity contribution in [2.45, 2.75) is 64.5 Å². The van der Waals surface area contributed by atoms with Gasteiger partial charge in [-0.25, -0.2) is 4.79 Å². The molecule has 0 spiro atoms. The molecule has 0 saturated carbocycles. The third kappa shape index (κ3) is 15.0. The van der Waals surface area contributed by atoms with Crippen LogP contribution in [0.25, 0.3) is 0 Å².